The number of rotatable bonds is 4. The molecule has 2 N–H and O–H groups in total. The molecular weight excluding hydrogens is 447 g/mol. The zero-order valence-corrected chi connectivity index (χ0v) is 18.2. The van der Waals surface area contributed by atoms with Gasteiger partial charge in [0.1, 0.15) is 5.75 Å². The second-order valence-corrected chi connectivity index (χ2v) is 9.43. The van der Waals surface area contributed by atoms with Gasteiger partial charge in [-0.25, -0.2) is 4.98 Å². The largest absolute Gasteiger partial charge is 0.506 e. The SMILES string of the molecule is Cc1cc(NC(=O)c2cc(Cl)cc(Cl)c2O)ccc1Sc1nc2ccccc2s1. The van der Waals surface area contributed by atoms with E-state index < -0.39 is 5.91 Å². The Morgan fingerprint density at radius 1 is 1.14 bits per heavy atom. The molecule has 4 nitrogen and oxygen atoms in total. The second kappa shape index (κ2) is 8.24. The van der Waals surface area contributed by atoms with Gasteiger partial charge in [0.05, 0.1) is 20.8 Å². The molecule has 29 heavy (non-hydrogen) atoms. The number of aromatic hydroxyl groups is 1. The summed E-state index contributed by atoms with van der Waals surface area (Å²) in [7, 11) is 0. The number of benzene rings is 3. The number of hydrogen-bond donors (Lipinski definition) is 2. The molecule has 0 spiro atoms. The Labute approximate surface area is 185 Å². The summed E-state index contributed by atoms with van der Waals surface area (Å²) in [5.74, 6) is -0.786. The van der Waals surface area contributed by atoms with E-state index in [-0.39, 0.29) is 21.4 Å². The molecule has 1 aromatic heterocycles. The fourth-order valence-electron chi connectivity index (χ4n) is 2.77. The van der Waals surface area contributed by atoms with E-state index in [4.69, 9.17) is 23.2 Å². The van der Waals surface area contributed by atoms with Crippen LogP contribution in [0.2, 0.25) is 10.0 Å². The third-order valence-electron chi connectivity index (χ3n) is 4.18. The van der Waals surface area contributed by atoms with Gasteiger partial charge in [-0.05, 0) is 55.0 Å². The Kier molecular flexibility index (Phi) is 5.69. The molecule has 1 amide bonds. The van der Waals surface area contributed by atoms with Gasteiger partial charge in [-0.3, -0.25) is 4.79 Å². The highest BCUT2D eigenvalue weighted by Gasteiger charge is 2.16. The number of aryl methyl sites for hydroxylation is 1. The number of fused-ring (bicyclic) bond motifs is 1. The lowest BCUT2D eigenvalue weighted by Crippen LogP contribution is -2.12. The molecule has 0 aliphatic rings. The molecule has 0 unspecified atom stereocenters. The summed E-state index contributed by atoms with van der Waals surface area (Å²) in [6.45, 7) is 1.97. The molecule has 4 rings (SSSR count). The molecule has 0 aliphatic carbocycles. The van der Waals surface area contributed by atoms with Crippen molar-refractivity contribution in [1.82, 2.24) is 4.98 Å². The van der Waals surface area contributed by atoms with E-state index in [0.29, 0.717) is 5.69 Å². The number of thiazole rings is 1. The molecule has 0 atom stereocenters. The van der Waals surface area contributed by atoms with Crippen LogP contribution in [0.25, 0.3) is 10.2 Å². The number of nitrogens with one attached hydrogen (secondary N) is 1. The van der Waals surface area contributed by atoms with Crippen molar-refractivity contribution >= 4 is 68.1 Å². The first-order valence-electron chi connectivity index (χ1n) is 8.54. The van der Waals surface area contributed by atoms with Crippen molar-refractivity contribution in [3.8, 4) is 5.75 Å². The number of phenols is 1. The number of phenolic OH excluding ortho intramolecular Hbond substituents is 1. The van der Waals surface area contributed by atoms with Gasteiger partial charge in [-0.2, -0.15) is 0 Å². The second-order valence-electron chi connectivity index (χ2n) is 6.27. The van der Waals surface area contributed by atoms with Gasteiger partial charge in [-0.1, -0.05) is 47.1 Å². The van der Waals surface area contributed by atoms with E-state index in [2.05, 4.69) is 16.4 Å². The van der Waals surface area contributed by atoms with Gasteiger partial charge in [-0.15, -0.1) is 11.3 Å². The van der Waals surface area contributed by atoms with Crippen molar-refractivity contribution in [3.63, 3.8) is 0 Å². The smallest absolute Gasteiger partial charge is 0.259 e. The van der Waals surface area contributed by atoms with Gasteiger partial charge in [0.25, 0.3) is 5.91 Å². The maximum absolute atomic E-state index is 12.5. The van der Waals surface area contributed by atoms with Gasteiger partial charge in [0.15, 0.2) is 4.34 Å². The first kappa shape index (κ1) is 20.0. The topological polar surface area (TPSA) is 62.2 Å². The lowest BCUT2D eigenvalue weighted by atomic mass is 10.1. The zero-order chi connectivity index (χ0) is 20.5. The third-order valence-corrected chi connectivity index (χ3v) is 6.96. The zero-order valence-electron chi connectivity index (χ0n) is 15.1. The minimum absolute atomic E-state index is 0.0214. The molecular formula is C21H14Cl2N2O2S2. The normalized spacial score (nSPS) is 11.0. The number of para-hydroxylation sites is 1. The Balaban J connectivity index is 1.53. The number of carbonyl (C=O) groups is 1. The molecule has 0 radical (unpaired) electrons. The minimum Gasteiger partial charge on any atom is -0.506 e. The highest BCUT2D eigenvalue weighted by molar-refractivity contribution is 8.01. The minimum atomic E-state index is -0.488. The maximum Gasteiger partial charge on any atom is 0.259 e. The molecule has 4 aromatic rings. The number of halogens is 2. The lowest BCUT2D eigenvalue weighted by molar-refractivity contribution is 0.102. The third kappa shape index (κ3) is 4.36. The van der Waals surface area contributed by atoms with Crippen LogP contribution in [-0.4, -0.2) is 16.0 Å². The summed E-state index contributed by atoms with van der Waals surface area (Å²) in [5, 5.41) is 13.1. The lowest BCUT2D eigenvalue weighted by Gasteiger charge is -2.10. The Morgan fingerprint density at radius 3 is 2.69 bits per heavy atom. The Hall–Kier alpha value is -2.25. The van der Waals surface area contributed by atoms with Crippen LogP contribution in [0.3, 0.4) is 0 Å². The van der Waals surface area contributed by atoms with Crippen molar-refractivity contribution < 1.29 is 9.90 Å². The van der Waals surface area contributed by atoms with Crippen LogP contribution in [0.1, 0.15) is 15.9 Å². The molecule has 146 valence electrons. The average molecular weight is 461 g/mol. The Morgan fingerprint density at radius 2 is 1.93 bits per heavy atom. The Bertz CT molecular complexity index is 1210. The number of anilines is 1. The quantitative estimate of drug-likeness (QED) is 0.343. The van der Waals surface area contributed by atoms with Crippen molar-refractivity contribution in [2.75, 3.05) is 5.32 Å². The van der Waals surface area contributed by atoms with Crippen LogP contribution < -0.4 is 5.32 Å². The number of hydrogen-bond acceptors (Lipinski definition) is 5. The first-order valence-corrected chi connectivity index (χ1v) is 10.9. The highest BCUT2D eigenvalue weighted by atomic mass is 35.5. The van der Waals surface area contributed by atoms with Crippen molar-refractivity contribution in [3.05, 3.63) is 75.8 Å². The van der Waals surface area contributed by atoms with E-state index >= 15 is 0 Å². The van der Waals surface area contributed by atoms with Gasteiger partial charge in [0.2, 0.25) is 0 Å². The van der Waals surface area contributed by atoms with E-state index in [1.54, 1.807) is 23.1 Å². The predicted molar refractivity (Wildman–Crippen MR) is 121 cm³/mol. The standard InChI is InChI=1S/C21H14Cl2N2O2S2/c1-11-8-13(24-20(27)14-9-12(22)10-15(23)19(14)26)6-7-17(11)28-21-25-16-4-2-3-5-18(16)29-21/h2-10,26H,1H3,(H,24,27). The number of nitrogens with zero attached hydrogens (tertiary/aromatic N) is 1. The van der Waals surface area contributed by atoms with Crippen molar-refractivity contribution in [2.45, 2.75) is 16.2 Å². The molecule has 8 heteroatoms. The first-order chi connectivity index (χ1) is 13.9. The summed E-state index contributed by atoms with van der Waals surface area (Å²) in [5.41, 5.74) is 2.62. The van der Waals surface area contributed by atoms with Crippen LogP contribution in [0.4, 0.5) is 5.69 Å². The number of amides is 1. The molecule has 0 fully saturated rings. The molecule has 0 bridgehead atoms. The van der Waals surface area contributed by atoms with Crippen LogP contribution in [0, 0.1) is 6.92 Å². The number of aromatic nitrogens is 1. The maximum atomic E-state index is 12.5. The van der Waals surface area contributed by atoms with Crippen LogP contribution in [0.15, 0.2) is 63.8 Å². The summed E-state index contributed by atoms with van der Waals surface area (Å²) < 4.78 is 2.11. The number of carbonyl (C=O) groups excluding carboxylic acids is 1. The average Bonchev–Trinajstić information content (AvgIpc) is 3.09. The fraction of sp³-hybridized carbons (Fsp3) is 0.0476. The molecule has 0 aliphatic heterocycles. The van der Waals surface area contributed by atoms with Crippen LogP contribution in [0.5, 0.6) is 5.75 Å². The van der Waals surface area contributed by atoms with Gasteiger partial charge >= 0.3 is 0 Å². The highest BCUT2D eigenvalue weighted by Crippen LogP contribution is 2.37. The van der Waals surface area contributed by atoms with Gasteiger partial charge in [0, 0.05) is 15.6 Å². The molecule has 0 saturated heterocycles. The summed E-state index contributed by atoms with van der Waals surface area (Å²) in [6, 6.07) is 16.4. The summed E-state index contributed by atoms with van der Waals surface area (Å²) >= 11 is 15.1. The summed E-state index contributed by atoms with van der Waals surface area (Å²) in [6.07, 6.45) is 0. The summed E-state index contributed by atoms with van der Waals surface area (Å²) in [4.78, 5) is 18.2. The van der Waals surface area contributed by atoms with Crippen LogP contribution in [-0.2, 0) is 0 Å². The predicted octanol–water partition coefficient (Wildman–Crippen LogP) is 7.02. The molecule has 1 heterocycles. The monoisotopic (exact) mass is 460 g/mol. The van der Waals surface area contributed by atoms with Gasteiger partial charge < -0.3 is 10.4 Å². The van der Waals surface area contributed by atoms with E-state index in [9.17, 15) is 9.90 Å². The fourth-order valence-corrected chi connectivity index (χ4v) is 5.35. The van der Waals surface area contributed by atoms with Crippen LogP contribution >= 0.6 is 46.3 Å². The van der Waals surface area contributed by atoms with Crippen molar-refractivity contribution in [1.29, 1.82) is 0 Å². The molecule has 3 aromatic carbocycles. The van der Waals surface area contributed by atoms with E-state index in [0.717, 1.165) is 25.0 Å². The van der Waals surface area contributed by atoms with E-state index in [1.165, 1.54) is 12.1 Å². The van der Waals surface area contributed by atoms with Crippen molar-refractivity contribution in [2.24, 2.45) is 0 Å². The molecule has 0 saturated carbocycles. The van der Waals surface area contributed by atoms with E-state index in [1.807, 2.05) is 43.3 Å².